The minimum Gasteiger partial charge on any atom is -0.508 e. The van der Waals surface area contributed by atoms with E-state index in [4.69, 9.17) is 10.2 Å². The zero-order valence-electron chi connectivity index (χ0n) is 6.77. The zero-order valence-corrected chi connectivity index (χ0v) is 8.36. The lowest BCUT2D eigenvalue weighted by Gasteiger charge is -2.03. The van der Waals surface area contributed by atoms with Crippen molar-refractivity contribution < 1.29 is 15.0 Å². The van der Waals surface area contributed by atoms with Gasteiger partial charge in [-0.2, -0.15) is 0 Å². The van der Waals surface area contributed by atoms with Crippen LogP contribution in [0.2, 0.25) is 0 Å². The summed E-state index contributed by atoms with van der Waals surface area (Å²) in [6.45, 7) is 0. The van der Waals surface area contributed by atoms with E-state index >= 15 is 0 Å². The van der Waals surface area contributed by atoms with E-state index in [0.717, 1.165) is 5.56 Å². The molecular formula is C9H9BrO3. The van der Waals surface area contributed by atoms with E-state index < -0.39 is 10.8 Å². The van der Waals surface area contributed by atoms with E-state index in [0.29, 0.717) is 6.42 Å². The van der Waals surface area contributed by atoms with Crippen LogP contribution in [-0.4, -0.2) is 21.0 Å². The fourth-order valence-electron chi connectivity index (χ4n) is 0.926. The van der Waals surface area contributed by atoms with Crippen molar-refractivity contribution in [2.75, 3.05) is 0 Å². The topological polar surface area (TPSA) is 57.5 Å². The number of aliphatic carboxylic acids is 1. The highest BCUT2D eigenvalue weighted by Gasteiger charge is 2.12. The number of phenolic OH excluding ortho intramolecular Hbond substituents is 1. The summed E-state index contributed by atoms with van der Waals surface area (Å²) in [5.74, 6) is -0.696. The molecule has 1 aromatic carbocycles. The highest BCUT2D eigenvalue weighted by Crippen LogP contribution is 2.14. The van der Waals surface area contributed by atoms with Crippen LogP contribution in [0.5, 0.6) is 5.75 Å². The molecule has 0 aliphatic heterocycles. The summed E-state index contributed by atoms with van der Waals surface area (Å²) in [6, 6.07) is 6.48. The monoisotopic (exact) mass is 244 g/mol. The largest absolute Gasteiger partial charge is 0.508 e. The predicted molar refractivity (Wildman–Crippen MR) is 52.2 cm³/mol. The lowest BCUT2D eigenvalue weighted by atomic mass is 10.1. The van der Waals surface area contributed by atoms with Gasteiger partial charge < -0.3 is 10.2 Å². The minimum absolute atomic E-state index is 0.185. The van der Waals surface area contributed by atoms with Crippen LogP contribution in [0, 0.1) is 0 Å². The third kappa shape index (κ3) is 3.06. The summed E-state index contributed by atoms with van der Waals surface area (Å²) in [4.78, 5) is 9.90. The van der Waals surface area contributed by atoms with Crippen LogP contribution in [0.1, 0.15) is 5.56 Å². The van der Waals surface area contributed by atoms with Crippen molar-refractivity contribution in [2.24, 2.45) is 0 Å². The summed E-state index contributed by atoms with van der Waals surface area (Å²) in [5, 5.41) is 17.6. The summed E-state index contributed by atoms with van der Waals surface area (Å²) >= 11 is 3.04. The van der Waals surface area contributed by atoms with Gasteiger partial charge in [-0.1, -0.05) is 28.1 Å². The molecule has 1 aromatic rings. The Bertz CT molecular complexity index is 294. The number of rotatable bonds is 3. The molecule has 0 bridgehead atoms. The summed E-state index contributed by atoms with van der Waals surface area (Å²) in [5.41, 5.74) is 0.877. The number of alkyl halides is 1. The van der Waals surface area contributed by atoms with Crippen LogP contribution in [0.15, 0.2) is 24.3 Å². The van der Waals surface area contributed by atoms with E-state index in [1.54, 1.807) is 12.1 Å². The fourth-order valence-corrected chi connectivity index (χ4v) is 1.30. The van der Waals surface area contributed by atoms with Crippen LogP contribution in [0.4, 0.5) is 0 Å². The Kier molecular flexibility index (Phi) is 3.31. The van der Waals surface area contributed by atoms with Crippen molar-refractivity contribution in [1.29, 1.82) is 0 Å². The summed E-state index contributed by atoms with van der Waals surface area (Å²) < 4.78 is 0. The molecule has 0 radical (unpaired) electrons. The molecule has 0 spiro atoms. The minimum atomic E-state index is -0.881. The molecule has 1 rings (SSSR count). The lowest BCUT2D eigenvalue weighted by molar-refractivity contribution is -0.136. The highest BCUT2D eigenvalue weighted by atomic mass is 79.9. The van der Waals surface area contributed by atoms with Crippen molar-refractivity contribution in [3.05, 3.63) is 29.8 Å². The molecule has 2 N–H and O–H groups in total. The second-order valence-electron chi connectivity index (χ2n) is 2.68. The molecule has 0 aromatic heterocycles. The maximum absolute atomic E-state index is 10.5. The number of carboxylic acids is 1. The molecule has 70 valence electrons. The first kappa shape index (κ1) is 10.1. The van der Waals surface area contributed by atoms with Crippen molar-refractivity contribution >= 4 is 21.9 Å². The van der Waals surface area contributed by atoms with Crippen molar-refractivity contribution in [3.8, 4) is 5.75 Å². The van der Waals surface area contributed by atoms with E-state index in [1.807, 2.05) is 0 Å². The number of benzene rings is 1. The van der Waals surface area contributed by atoms with Crippen LogP contribution < -0.4 is 0 Å². The molecule has 0 aliphatic carbocycles. The number of phenols is 1. The Morgan fingerprint density at radius 3 is 2.38 bits per heavy atom. The van der Waals surface area contributed by atoms with Gasteiger partial charge in [-0.15, -0.1) is 0 Å². The smallest absolute Gasteiger partial charge is 0.317 e. The highest BCUT2D eigenvalue weighted by molar-refractivity contribution is 9.10. The molecule has 1 unspecified atom stereocenters. The zero-order chi connectivity index (χ0) is 9.84. The number of halogens is 1. The van der Waals surface area contributed by atoms with E-state index in [-0.39, 0.29) is 5.75 Å². The van der Waals surface area contributed by atoms with E-state index in [9.17, 15) is 4.79 Å². The van der Waals surface area contributed by atoms with Gasteiger partial charge in [-0.3, -0.25) is 4.79 Å². The normalized spacial score (nSPS) is 12.4. The van der Waals surface area contributed by atoms with Crippen molar-refractivity contribution in [1.82, 2.24) is 0 Å². The molecule has 0 heterocycles. The Balaban J connectivity index is 2.64. The van der Waals surface area contributed by atoms with Gasteiger partial charge in [0, 0.05) is 0 Å². The van der Waals surface area contributed by atoms with Gasteiger partial charge in [0.15, 0.2) is 0 Å². The average Bonchev–Trinajstić information content (AvgIpc) is 2.08. The van der Waals surface area contributed by atoms with Crippen molar-refractivity contribution in [3.63, 3.8) is 0 Å². The number of aromatic hydroxyl groups is 1. The average molecular weight is 245 g/mol. The molecule has 1 atom stereocenters. The Morgan fingerprint density at radius 1 is 1.38 bits per heavy atom. The first-order chi connectivity index (χ1) is 6.09. The SMILES string of the molecule is O=C(O)C(Br)Cc1ccc(O)cc1. The molecule has 4 heteroatoms. The van der Waals surface area contributed by atoms with Gasteiger partial charge in [0.2, 0.25) is 0 Å². The first-order valence-electron chi connectivity index (χ1n) is 3.74. The number of carboxylic acid groups (broad SMARTS) is 1. The second-order valence-corrected chi connectivity index (χ2v) is 3.78. The number of carbonyl (C=O) groups is 1. The standard InChI is InChI=1S/C9H9BrO3/c10-8(9(12)13)5-6-1-3-7(11)4-2-6/h1-4,8,11H,5H2,(H,12,13). The van der Waals surface area contributed by atoms with Gasteiger partial charge in [0.1, 0.15) is 10.6 Å². The molecule has 0 amide bonds. The number of hydrogen-bond acceptors (Lipinski definition) is 2. The molecule has 0 saturated carbocycles. The fraction of sp³-hybridized carbons (Fsp3) is 0.222. The van der Waals surface area contributed by atoms with Crippen LogP contribution in [-0.2, 0) is 11.2 Å². The van der Waals surface area contributed by atoms with Crippen LogP contribution in [0.25, 0.3) is 0 Å². The van der Waals surface area contributed by atoms with Gasteiger partial charge in [0.25, 0.3) is 0 Å². The van der Waals surface area contributed by atoms with Crippen LogP contribution >= 0.6 is 15.9 Å². The molecule has 0 fully saturated rings. The van der Waals surface area contributed by atoms with Crippen molar-refractivity contribution in [2.45, 2.75) is 11.2 Å². The number of hydrogen-bond donors (Lipinski definition) is 2. The van der Waals surface area contributed by atoms with E-state index in [2.05, 4.69) is 15.9 Å². The maximum Gasteiger partial charge on any atom is 0.317 e. The third-order valence-corrected chi connectivity index (χ3v) is 2.33. The Labute approximate surface area is 84.1 Å². The maximum atomic E-state index is 10.5. The van der Waals surface area contributed by atoms with Crippen LogP contribution in [0.3, 0.4) is 0 Å². The Hall–Kier alpha value is -1.03. The summed E-state index contributed by atoms with van der Waals surface area (Å²) in [7, 11) is 0. The predicted octanol–water partition coefficient (Wildman–Crippen LogP) is 1.78. The molecule has 3 nitrogen and oxygen atoms in total. The Morgan fingerprint density at radius 2 is 1.92 bits per heavy atom. The first-order valence-corrected chi connectivity index (χ1v) is 4.66. The van der Waals surface area contributed by atoms with E-state index in [1.165, 1.54) is 12.1 Å². The van der Waals surface area contributed by atoms with Gasteiger partial charge >= 0.3 is 5.97 Å². The molecule has 0 saturated heterocycles. The van der Waals surface area contributed by atoms with Gasteiger partial charge in [0.05, 0.1) is 0 Å². The second kappa shape index (κ2) is 4.28. The molecule has 0 aliphatic rings. The summed E-state index contributed by atoms with van der Waals surface area (Å²) in [6.07, 6.45) is 0.412. The molecular weight excluding hydrogens is 236 g/mol. The van der Waals surface area contributed by atoms with Gasteiger partial charge in [-0.05, 0) is 24.1 Å². The van der Waals surface area contributed by atoms with Gasteiger partial charge in [-0.25, -0.2) is 0 Å². The third-order valence-electron chi connectivity index (χ3n) is 1.62. The molecule has 13 heavy (non-hydrogen) atoms. The lowest BCUT2D eigenvalue weighted by Crippen LogP contribution is -2.15. The quantitative estimate of drug-likeness (QED) is 0.798.